The van der Waals surface area contributed by atoms with E-state index in [4.69, 9.17) is 16.0 Å². The van der Waals surface area contributed by atoms with Crippen LogP contribution in [0.15, 0.2) is 58.8 Å². The lowest BCUT2D eigenvalue weighted by atomic mass is 10.0. The van der Waals surface area contributed by atoms with Crippen molar-refractivity contribution in [1.29, 1.82) is 0 Å². The number of hydrogen-bond donors (Lipinski definition) is 2. The van der Waals surface area contributed by atoms with Crippen LogP contribution in [0, 0.1) is 5.92 Å². The highest BCUT2D eigenvalue weighted by molar-refractivity contribution is 7.17. The molecule has 0 fully saturated rings. The average Bonchev–Trinajstić information content (AvgIpc) is 3.35. The highest BCUT2D eigenvalue weighted by Crippen LogP contribution is 2.36. The standard InChI is InChI=1S/C20H18ClN3O2S/c21-15-5-3-14(4-6-15)17-11-27-20-18(17)19(23-12-24-20)22-9-13(10-25)8-16-2-1-7-26-16/h1-7,11-13,25H,8-10H2,(H,22,23,24)/t13-/m1/s1. The normalized spacial score (nSPS) is 12.4. The Morgan fingerprint density at radius 2 is 2.04 bits per heavy atom. The molecule has 5 nitrogen and oxygen atoms in total. The SMILES string of the molecule is OC[C@@H](CNc1ncnc2scc(-c3ccc(Cl)cc3)c12)Cc1ccco1. The van der Waals surface area contributed by atoms with E-state index in [9.17, 15) is 5.11 Å². The van der Waals surface area contributed by atoms with Gasteiger partial charge in [0.1, 0.15) is 22.7 Å². The van der Waals surface area contributed by atoms with Gasteiger partial charge in [-0.05, 0) is 29.8 Å². The lowest BCUT2D eigenvalue weighted by Gasteiger charge is -2.15. The van der Waals surface area contributed by atoms with Crippen LogP contribution >= 0.6 is 22.9 Å². The number of aliphatic hydroxyl groups is 1. The summed E-state index contributed by atoms with van der Waals surface area (Å²) in [6.45, 7) is 0.648. The molecular weight excluding hydrogens is 382 g/mol. The third-order valence-electron chi connectivity index (χ3n) is 4.41. The lowest BCUT2D eigenvalue weighted by Crippen LogP contribution is -2.20. The van der Waals surface area contributed by atoms with Gasteiger partial charge in [-0.25, -0.2) is 9.97 Å². The first-order valence-corrected chi connectivity index (χ1v) is 9.85. The van der Waals surface area contributed by atoms with E-state index in [2.05, 4.69) is 20.7 Å². The van der Waals surface area contributed by atoms with Gasteiger partial charge in [0, 0.05) is 41.5 Å². The Bertz CT molecular complexity index is 1020. The van der Waals surface area contributed by atoms with Crippen molar-refractivity contribution in [3.05, 3.63) is 65.2 Å². The Morgan fingerprint density at radius 1 is 1.19 bits per heavy atom. The Morgan fingerprint density at radius 3 is 2.78 bits per heavy atom. The molecule has 0 aliphatic heterocycles. The van der Waals surface area contributed by atoms with E-state index in [1.807, 2.05) is 36.4 Å². The molecule has 1 atom stereocenters. The second-order valence-electron chi connectivity index (χ2n) is 6.27. The fourth-order valence-electron chi connectivity index (χ4n) is 3.01. The molecule has 27 heavy (non-hydrogen) atoms. The first-order chi connectivity index (χ1) is 13.2. The summed E-state index contributed by atoms with van der Waals surface area (Å²) in [7, 11) is 0. The Kier molecular flexibility index (Phi) is 5.38. The number of anilines is 1. The fourth-order valence-corrected chi connectivity index (χ4v) is 4.05. The molecule has 0 saturated heterocycles. The fraction of sp³-hybridized carbons (Fsp3) is 0.200. The number of nitrogens with zero attached hydrogens (tertiary/aromatic N) is 2. The minimum atomic E-state index is 0.0267. The maximum Gasteiger partial charge on any atom is 0.138 e. The van der Waals surface area contributed by atoms with Gasteiger partial charge in [0.25, 0.3) is 0 Å². The molecule has 2 N–H and O–H groups in total. The van der Waals surface area contributed by atoms with Gasteiger partial charge in [0.15, 0.2) is 0 Å². The summed E-state index contributed by atoms with van der Waals surface area (Å²) in [5, 5.41) is 16.9. The minimum Gasteiger partial charge on any atom is -0.469 e. The summed E-state index contributed by atoms with van der Waals surface area (Å²) >= 11 is 7.60. The summed E-state index contributed by atoms with van der Waals surface area (Å²) in [5.41, 5.74) is 2.14. The number of nitrogens with one attached hydrogen (secondary N) is 1. The molecule has 0 saturated carbocycles. The molecule has 0 amide bonds. The summed E-state index contributed by atoms with van der Waals surface area (Å²) in [6.07, 6.45) is 3.88. The number of fused-ring (bicyclic) bond motifs is 1. The van der Waals surface area contributed by atoms with Crippen LogP contribution in [0.3, 0.4) is 0 Å². The molecule has 0 radical (unpaired) electrons. The van der Waals surface area contributed by atoms with E-state index in [-0.39, 0.29) is 12.5 Å². The molecule has 0 spiro atoms. The highest BCUT2D eigenvalue weighted by atomic mass is 35.5. The molecule has 1 aromatic carbocycles. The van der Waals surface area contributed by atoms with Gasteiger partial charge >= 0.3 is 0 Å². The van der Waals surface area contributed by atoms with Gasteiger partial charge in [0.2, 0.25) is 0 Å². The Balaban J connectivity index is 1.59. The van der Waals surface area contributed by atoms with E-state index in [1.54, 1.807) is 23.9 Å². The Hall–Kier alpha value is -2.41. The molecule has 0 bridgehead atoms. The van der Waals surface area contributed by atoms with Gasteiger partial charge in [0.05, 0.1) is 11.6 Å². The van der Waals surface area contributed by atoms with Crippen molar-refractivity contribution < 1.29 is 9.52 Å². The minimum absolute atomic E-state index is 0.0267. The molecule has 0 aliphatic rings. The monoisotopic (exact) mass is 399 g/mol. The molecule has 0 aliphatic carbocycles. The van der Waals surface area contributed by atoms with Crippen molar-refractivity contribution in [2.45, 2.75) is 6.42 Å². The topological polar surface area (TPSA) is 71.2 Å². The van der Waals surface area contributed by atoms with Gasteiger partial charge < -0.3 is 14.8 Å². The zero-order chi connectivity index (χ0) is 18.6. The zero-order valence-corrected chi connectivity index (χ0v) is 16.0. The van der Waals surface area contributed by atoms with Crippen molar-refractivity contribution in [2.24, 2.45) is 5.92 Å². The summed E-state index contributed by atoms with van der Waals surface area (Å²) < 4.78 is 5.39. The first kappa shape index (κ1) is 18.0. The smallest absolute Gasteiger partial charge is 0.138 e. The van der Waals surface area contributed by atoms with Crippen molar-refractivity contribution in [3.63, 3.8) is 0 Å². The average molecular weight is 400 g/mol. The molecule has 138 valence electrons. The largest absolute Gasteiger partial charge is 0.469 e. The highest BCUT2D eigenvalue weighted by Gasteiger charge is 2.15. The number of rotatable bonds is 7. The van der Waals surface area contributed by atoms with E-state index in [0.717, 1.165) is 32.9 Å². The molecule has 0 unspecified atom stereocenters. The van der Waals surface area contributed by atoms with Gasteiger partial charge in [-0.15, -0.1) is 11.3 Å². The van der Waals surface area contributed by atoms with Crippen LogP contribution in [-0.4, -0.2) is 28.2 Å². The quantitative estimate of drug-likeness (QED) is 0.464. The van der Waals surface area contributed by atoms with Crippen molar-refractivity contribution in [1.82, 2.24) is 9.97 Å². The number of thiophene rings is 1. The van der Waals surface area contributed by atoms with Crippen LogP contribution < -0.4 is 5.32 Å². The Labute approximate surface area is 165 Å². The predicted octanol–water partition coefficient (Wildman–Crippen LogP) is 4.87. The lowest BCUT2D eigenvalue weighted by molar-refractivity contribution is 0.226. The van der Waals surface area contributed by atoms with E-state index < -0.39 is 0 Å². The second kappa shape index (κ2) is 8.08. The maximum atomic E-state index is 9.71. The zero-order valence-electron chi connectivity index (χ0n) is 14.4. The van der Waals surface area contributed by atoms with Crippen molar-refractivity contribution in [2.75, 3.05) is 18.5 Å². The van der Waals surface area contributed by atoms with Crippen LogP contribution in [-0.2, 0) is 6.42 Å². The third kappa shape index (κ3) is 3.98. The van der Waals surface area contributed by atoms with Gasteiger partial charge in [-0.3, -0.25) is 0 Å². The van der Waals surface area contributed by atoms with Crippen molar-refractivity contribution in [3.8, 4) is 11.1 Å². The molecular formula is C20H18ClN3O2S. The van der Waals surface area contributed by atoms with E-state index in [0.29, 0.717) is 18.0 Å². The van der Waals surface area contributed by atoms with Crippen LogP contribution in [0.1, 0.15) is 5.76 Å². The summed E-state index contributed by atoms with van der Waals surface area (Å²) in [6, 6.07) is 11.5. The maximum absolute atomic E-state index is 9.71. The number of aliphatic hydroxyl groups excluding tert-OH is 1. The molecule has 7 heteroatoms. The molecule has 4 rings (SSSR count). The summed E-state index contributed by atoms with van der Waals surface area (Å²) in [4.78, 5) is 9.75. The van der Waals surface area contributed by atoms with Crippen LogP contribution in [0.2, 0.25) is 5.02 Å². The van der Waals surface area contributed by atoms with Crippen LogP contribution in [0.4, 0.5) is 5.82 Å². The van der Waals surface area contributed by atoms with E-state index >= 15 is 0 Å². The third-order valence-corrected chi connectivity index (χ3v) is 5.55. The van der Waals surface area contributed by atoms with E-state index in [1.165, 1.54) is 0 Å². The predicted molar refractivity (Wildman–Crippen MR) is 109 cm³/mol. The number of aromatic nitrogens is 2. The number of furan rings is 1. The number of benzene rings is 1. The van der Waals surface area contributed by atoms with Crippen LogP contribution in [0.25, 0.3) is 21.3 Å². The first-order valence-electron chi connectivity index (χ1n) is 8.60. The number of hydrogen-bond acceptors (Lipinski definition) is 6. The van der Waals surface area contributed by atoms with Crippen molar-refractivity contribution >= 4 is 39.0 Å². The van der Waals surface area contributed by atoms with Gasteiger partial charge in [-0.2, -0.15) is 0 Å². The molecule has 3 heterocycles. The van der Waals surface area contributed by atoms with Gasteiger partial charge in [-0.1, -0.05) is 23.7 Å². The summed E-state index contributed by atoms with van der Waals surface area (Å²) in [5.74, 6) is 1.66. The number of halogens is 1. The van der Waals surface area contributed by atoms with Crippen LogP contribution in [0.5, 0.6) is 0 Å². The second-order valence-corrected chi connectivity index (χ2v) is 7.57. The molecule has 4 aromatic rings. The molecule has 3 aromatic heterocycles.